The van der Waals surface area contributed by atoms with E-state index in [4.69, 9.17) is 10.5 Å². The minimum atomic E-state index is -0.982. The number of carbonyl (C=O) groups excluding carboxylic acids is 3. The minimum Gasteiger partial charge on any atom is -0.465 e. The maximum atomic E-state index is 13.6. The van der Waals surface area contributed by atoms with Crippen molar-refractivity contribution in [1.29, 1.82) is 0 Å². The molecule has 0 fully saturated rings. The molecule has 0 radical (unpaired) electrons. The Morgan fingerprint density at radius 1 is 0.586 bits per heavy atom. The predicted molar refractivity (Wildman–Crippen MR) is 213 cm³/mol. The number of pyridine rings is 2. The predicted octanol–water partition coefficient (Wildman–Crippen LogP) is 7.61. The average Bonchev–Trinajstić information content (AvgIpc) is 3.23. The van der Waals surface area contributed by atoms with Crippen LogP contribution in [0.3, 0.4) is 0 Å². The first-order valence-corrected chi connectivity index (χ1v) is 18.6. The second-order valence-corrected chi connectivity index (χ2v) is 13.4. The fourth-order valence-corrected chi connectivity index (χ4v) is 6.12. The number of carbonyl (C=O) groups is 3. The van der Waals surface area contributed by atoms with Crippen LogP contribution in [0.5, 0.6) is 0 Å². The first-order valence-electron chi connectivity index (χ1n) is 18.6. The third-order valence-electron chi connectivity index (χ3n) is 9.10. The molecule has 4 aromatic carbocycles. The van der Waals surface area contributed by atoms with Crippen LogP contribution in [0.1, 0.15) is 29.2 Å². The van der Waals surface area contributed by atoms with Crippen molar-refractivity contribution in [3.05, 3.63) is 180 Å². The van der Waals surface area contributed by atoms with Crippen LogP contribution in [0, 0.1) is 23.3 Å². The highest BCUT2D eigenvalue weighted by Gasteiger charge is 2.21. The van der Waals surface area contributed by atoms with Gasteiger partial charge >= 0.3 is 5.97 Å². The number of halogens is 4. The summed E-state index contributed by atoms with van der Waals surface area (Å²) in [5, 5.41) is 2.90. The Hall–Kier alpha value is -6.37. The van der Waals surface area contributed by atoms with E-state index >= 15 is 0 Å². The highest BCUT2D eigenvalue weighted by Crippen LogP contribution is 2.22. The lowest BCUT2D eigenvalue weighted by Crippen LogP contribution is -2.42. The Labute approximate surface area is 334 Å². The first-order chi connectivity index (χ1) is 28.0. The Morgan fingerprint density at radius 2 is 1.07 bits per heavy atom. The van der Waals surface area contributed by atoms with Gasteiger partial charge in [-0.25, -0.2) is 17.6 Å². The van der Waals surface area contributed by atoms with Crippen molar-refractivity contribution in [3.8, 4) is 22.3 Å². The van der Waals surface area contributed by atoms with Crippen molar-refractivity contribution in [3.63, 3.8) is 0 Å². The molecule has 12 heteroatoms. The molecular weight excluding hydrogens is 749 g/mol. The molecule has 2 heterocycles. The average molecular weight is 791 g/mol. The van der Waals surface area contributed by atoms with Crippen LogP contribution in [-0.2, 0) is 44.8 Å². The van der Waals surface area contributed by atoms with Gasteiger partial charge in [0, 0.05) is 37.6 Å². The smallest absolute Gasteiger partial charge is 0.319 e. The Bertz CT molecular complexity index is 2310. The number of nitrogens with zero attached hydrogens (tertiary/aromatic N) is 2. The molecule has 0 aliphatic heterocycles. The SMILES string of the molecule is CCOC(=O)CN[C@@H](Cc1ccc(F)c(F)c1)C(=O)Cc1cccc(-c2ccncc2)c1.N[C@@H](Cc1ccc(F)c(F)c1)C(=O)Cc1cccc(-c2ccncc2)c1. The number of nitrogens with two attached hydrogens (primary N) is 1. The topological polar surface area (TPSA) is 124 Å². The van der Waals surface area contributed by atoms with E-state index in [0.29, 0.717) is 11.1 Å². The molecule has 0 saturated carbocycles. The molecule has 0 unspecified atom stereocenters. The maximum Gasteiger partial charge on any atom is 0.319 e. The number of nitrogens with one attached hydrogen (secondary N) is 1. The van der Waals surface area contributed by atoms with Crippen LogP contribution < -0.4 is 11.1 Å². The highest BCUT2D eigenvalue weighted by molar-refractivity contribution is 5.88. The second-order valence-electron chi connectivity index (χ2n) is 13.4. The number of Topliss-reactive ketones (excluding diaryl/α,β-unsaturated/α-hetero) is 2. The fourth-order valence-electron chi connectivity index (χ4n) is 6.12. The van der Waals surface area contributed by atoms with Crippen molar-refractivity contribution in [1.82, 2.24) is 15.3 Å². The summed E-state index contributed by atoms with van der Waals surface area (Å²) >= 11 is 0. The van der Waals surface area contributed by atoms with Crippen molar-refractivity contribution in [2.45, 2.75) is 44.7 Å². The molecule has 0 bridgehead atoms. The lowest BCUT2D eigenvalue weighted by Gasteiger charge is -2.18. The van der Waals surface area contributed by atoms with Gasteiger partial charge in [0.25, 0.3) is 0 Å². The third-order valence-corrected chi connectivity index (χ3v) is 9.10. The number of esters is 1. The number of hydrogen-bond acceptors (Lipinski definition) is 8. The second kappa shape index (κ2) is 21.2. The van der Waals surface area contributed by atoms with E-state index in [1.54, 1.807) is 31.7 Å². The molecule has 6 rings (SSSR count). The zero-order valence-corrected chi connectivity index (χ0v) is 31.7. The summed E-state index contributed by atoms with van der Waals surface area (Å²) < 4.78 is 58.1. The van der Waals surface area contributed by atoms with Gasteiger partial charge in [-0.2, -0.15) is 0 Å². The number of ether oxygens (including phenoxy) is 1. The lowest BCUT2D eigenvalue weighted by molar-refractivity contribution is -0.142. The van der Waals surface area contributed by atoms with Gasteiger partial charge in [0.2, 0.25) is 0 Å². The van der Waals surface area contributed by atoms with Crippen LogP contribution in [0.4, 0.5) is 17.6 Å². The number of hydrogen-bond donors (Lipinski definition) is 2. The van der Waals surface area contributed by atoms with E-state index in [1.165, 1.54) is 12.1 Å². The van der Waals surface area contributed by atoms with Crippen LogP contribution in [-0.4, -0.2) is 52.7 Å². The number of rotatable bonds is 16. The van der Waals surface area contributed by atoms with Gasteiger partial charge in [-0.05, 0) is 113 Å². The van der Waals surface area contributed by atoms with Crippen molar-refractivity contribution >= 4 is 17.5 Å². The van der Waals surface area contributed by atoms with E-state index in [2.05, 4.69) is 15.3 Å². The zero-order chi connectivity index (χ0) is 41.4. The van der Waals surface area contributed by atoms with Crippen molar-refractivity contribution < 1.29 is 36.7 Å². The maximum absolute atomic E-state index is 13.6. The standard InChI is InChI=1S/C25H24F2N2O3.C21H18F2N2O/c1-2-32-25(31)16-29-23(14-18-6-7-21(26)22(27)13-18)24(30)15-17-4-3-5-20(12-17)19-8-10-28-11-9-19;22-18-5-4-15(11-19(18)23)12-20(24)21(26)13-14-2-1-3-17(10-14)16-6-8-25-9-7-16/h3-13,23,29H,2,14-16H2,1H3;1-11,20H,12-13,24H2/t23-;20-/m00/s1. The molecule has 298 valence electrons. The monoisotopic (exact) mass is 790 g/mol. The first kappa shape index (κ1) is 42.8. The van der Waals surface area contributed by atoms with E-state index in [-0.39, 0.29) is 50.4 Å². The quantitative estimate of drug-likeness (QED) is 0.0759. The molecule has 0 saturated heterocycles. The molecule has 0 spiro atoms. The molecular formula is C46H42F4N4O4. The van der Waals surface area contributed by atoms with E-state index in [1.807, 2.05) is 72.8 Å². The molecule has 0 aliphatic rings. The van der Waals surface area contributed by atoms with Gasteiger partial charge in [-0.15, -0.1) is 0 Å². The summed E-state index contributed by atoms with van der Waals surface area (Å²) in [7, 11) is 0. The molecule has 0 amide bonds. The van der Waals surface area contributed by atoms with Gasteiger partial charge in [-0.3, -0.25) is 29.7 Å². The Balaban J connectivity index is 0.000000226. The minimum absolute atomic E-state index is 0.111. The molecule has 8 nitrogen and oxygen atoms in total. The highest BCUT2D eigenvalue weighted by atomic mass is 19.2. The van der Waals surface area contributed by atoms with Gasteiger partial charge < -0.3 is 10.5 Å². The third kappa shape index (κ3) is 12.8. The van der Waals surface area contributed by atoms with Gasteiger partial charge in [-0.1, -0.05) is 60.7 Å². The summed E-state index contributed by atoms with van der Waals surface area (Å²) in [4.78, 5) is 45.3. The molecule has 2 aromatic heterocycles. The normalized spacial score (nSPS) is 11.8. The van der Waals surface area contributed by atoms with Gasteiger partial charge in [0.15, 0.2) is 34.8 Å². The van der Waals surface area contributed by atoms with Crippen LogP contribution in [0.25, 0.3) is 22.3 Å². The van der Waals surface area contributed by atoms with Crippen LogP contribution in [0.2, 0.25) is 0 Å². The Morgan fingerprint density at radius 3 is 1.55 bits per heavy atom. The van der Waals surface area contributed by atoms with E-state index in [0.717, 1.165) is 57.6 Å². The van der Waals surface area contributed by atoms with E-state index in [9.17, 15) is 31.9 Å². The lowest BCUT2D eigenvalue weighted by atomic mass is 9.96. The Kier molecular flexibility index (Phi) is 15.7. The van der Waals surface area contributed by atoms with Crippen molar-refractivity contribution in [2.24, 2.45) is 5.73 Å². The molecule has 6 aromatic rings. The molecule has 58 heavy (non-hydrogen) atoms. The van der Waals surface area contributed by atoms with Gasteiger partial charge in [0.1, 0.15) is 0 Å². The molecule has 0 aliphatic carbocycles. The summed E-state index contributed by atoms with van der Waals surface area (Å²) in [6.07, 6.45) is 7.40. The number of benzene rings is 4. The van der Waals surface area contributed by atoms with Crippen LogP contribution >= 0.6 is 0 Å². The van der Waals surface area contributed by atoms with Gasteiger partial charge in [0.05, 0.1) is 25.2 Å². The summed E-state index contributed by atoms with van der Waals surface area (Å²) in [6, 6.07) is 28.3. The summed E-state index contributed by atoms with van der Waals surface area (Å²) in [5.74, 6) is -4.61. The fraction of sp³-hybridized carbons (Fsp3) is 0.196. The number of ketones is 2. The number of aromatic nitrogens is 2. The summed E-state index contributed by atoms with van der Waals surface area (Å²) in [5.41, 5.74) is 12.5. The van der Waals surface area contributed by atoms with E-state index < -0.39 is 41.3 Å². The molecule has 3 N–H and O–H groups in total. The molecule has 2 atom stereocenters. The zero-order valence-electron chi connectivity index (χ0n) is 31.7. The van der Waals surface area contributed by atoms with Crippen molar-refractivity contribution in [2.75, 3.05) is 13.2 Å². The van der Waals surface area contributed by atoms with Crippen LogP contribution in [0.15, 0.2) is 134 Å². The summed E-state index contributed by atoms with van der Waals surface area (Å²) in [6.45, 7) is 1.76. The largest absolute Gasteiger partial charge is 0.465 e.